The largest absolute Gasteiger partial charge is 4.00 e. The van der Waals surface area contributed by atoms with Gasteiger partial charge in [-0.25, -0.2) is 0 Å². The Bertz CT molecular complexity index is 4230. The van der Waals surface area contributed by atoms with Crippen LogP contribution in [0.3, 0.4) is 0 Å². The Balaban J connectivity index is 0.000000151. The molecule has 16 rings (SSSR count). The molecule has 4 unspecified atom stereocenters. The van der Waals surface area contributed by atoms with Crippen molar-refractivity contribution in [3.05, 3.63) is 355 Å². The predicted octanol–water partition coefficient (Wildman–Crippen LogP) is 25.9. The monoisotopic (exact) mass is 1760 g/mol. The van der Waals surface area contributed by atoms with Crippen LogP contribution in [0.15, 0.2) is 334 Å². The predicted molar refractivity (Wildman–Crippen MR) is 553 cm³/mol. The van der Waals surface area contributed by atoms with Gasteiger partial charge in [-0.3, -0.25) is 0 Å². The Morgan fingerprint density at radius 2 is 0.304 bits per heavy atom. The molecule has 0 heterocycles. The van der Waals surface area contributed by atoms with Crippen molar-refractivity contribution in [1.82, 2.24) is 0 Å². The van der Waals surface area contributed by atoms with Crippen molar-refractivity contribution >= 4 is 76.7 Å². The van der Waals surface area contributed by atoms with Crippen molar-refractivity contribution < 1.29 is 21.7 Å². The van der Waals surface area contributed by atoms with Gasteiger partial charge in [-0.05, 0) is 83.1 Å². The molecule has 8 aliphatic carbocycles. The number of hydrogen-bond acceptors (Lipinski definition) is 0. The summed E-state index contributed by atoms with van der Waals surface area (Å²) in [5.74, 6) is 0. The Morgan fingerprint density at radius 3 is 0.416 bits per heavy atom. The van der Waals surface area contributed by atoms with E-state index in [-0.39, 0.29) is 64.5 Å². The zero-order valence-electron chi connectivity index (χ0n) is 79.8. The second-order valence-electron chi connectivity index (χ2n) is 39.8. The van der Waals surface area contributed by atoms with Crippen LogP contribution in [0.4, 0.5) is 0 Å². The minimum absolute atomic E-state index is 0. The average Bonchev–Trinajstić information content (AvgIpc) is 1.72. The molecule has 8 aromatic rings. The molecular formula is C116H152N4Si4Ti. The van der Waals surface area contributed by atoms with Crippen LogP contribution in [0.5, 0.6) is 0 Å². The summed E-state index contributed by atoms with van der Waals surface area (Å²) in [6, 6.07) is 91.0. The fourth-order valence-corrected chi connectivity index (χ4v) is 40.8. The fraction of sp³-hybridized carbons (Fsp3) is 0.448. The third kappa shape index (κ3) is 22.8. The van der Waals surface area contributed by atoms with E-state index >= 15 is 0 Å². The summed E-state index contributed by atoms with van der Waals surface area (Å²) < 4.78 is 0. The molecule has 125 heavy (non-hydrogen) atoms. The summed E-state index contributed by atoms with van der Waals surface area (Å²) in [5.41, 5.74) is 16.4. The van der Waals surface area contributed by atoms with Crippen LogP contribution >= 0.6 is 0 Å². The first-order valence-corrected chi connectivity index (χ1v) is 55.6. The van der Waals surface area contributed by atoms with Gasteiger partial charge < -0.3 is 21.3 Å². The molecule has 0 bridgehead atoms. The number of nitrogens with zero attached hydrogens (tertiary/aromatic N) is 4. The van der Waals surface area contributed by atoms with E-state index in [2.05, 4.69) is 378 Å². The second kappa shape index (κ2) is 44.1. The molecule has 0 N–H and O–H groups in total. The average molecular weight is 1760 g/mol. The van der Waals surface area contributed by atoms with Crippen LogP contribution in [0.2, 0.25) is 0 Å². The van der Waals surface area contributed by atoms with Crippen molar-refractivity contribution in [1.29, 1.82) is 0 Å². The van der Waals surface area contributed by atoms with Crippen LogP contribution in [-0.4, -0.2) is 78.0 Å². The number of benzene rings is 8. The minimum atomic E-state index is -1.60. The summed E-state index contributed by atoms with van der Waals surface area (Å²) >= 11 is 0. The Labute approximate surface area is 780 Å². The van der Waals surface area contributed by atoms with Crippen molar-refractivity contribution in [3.8, 4) is 0 Å². The van der Waals surface area contributed by atoms with Gasteiger partial charge in [-0.2, -0.15) is 0 Å². The molecule has 0 radical (unpaired) electrons. The van der Waals surface area contributed by atoms with E-state index in [1.807, 2.05) is 0 Å². The Kier molecular flexibility index (Phi) is 34.3. The molecule has 4 fully saturated rings. The minimum Gasteiger partial charge on any atom is -0.647 e. The molecule has 8 aliphatic rings. The molecule has 4 nitrogen and oxygen atoms in total. The van der Waals surface area contributed by atoms with Crippen molar-refractivity contribution in [3.63, 3.8) is 0 Å². The van der Waals surface area contributed by atoms with E-state index in [1.54, 1.807) is 41.5 Å². The maximum absolute atomic E-state index is 5.96. The Morgan fingerprint density at radius 1 is 0.184 bits per heavy atom. The van der Waals surface area contributed by atoms with Gasteiger partial charge in [-0.1, -0.05) is 605 Å². The zero-order valence-corrected chi connectivity index (χ0v) is 86.0. The molecule has 9 heteroatoms. The standard InChI is InChI=1S/4C29H38NSi.Ti/c4*1-23-22-28(4,25(3)24(23)2)30-29(20-14-6-5-7-15-21-29)31(26-16-10-8-11-17-26)27-18-12-9-13-19-27;/h4*8-13,16-19,22,31H,5-7,14-15,20-21H2,1-4H3;/q4*-1;+4. The van der Waals surface area contributed by atoms with E-state index in [4.69, 9.17) is 21.3 Å². The van der Waals surface area contributed by atoms with Crippen molar-refractivity contribution in [2.24, 2.45) is 0 Å². The number of hydrogen-bond donors (Lipinski definition) is 0. The fourth-order valence-electron chi connectivity index (χ4n) is 23.9. The van der Waals surface area contributed by atoms with Crippen LogP contribution in [-0.2, 0) is 21.7 Å². The molecule has 0 amide bonds. The smallest absolute Gasteiger partial charge is 0.647 e. The molecular weight excluding hydrogens is 1610 g/mol. The molecule has 656 valence electrons. The van der Waals surface area contributed by atoms with Crippen LogP contribution in [0, 0.1) is 0 Å². The van der Waals surface area contributed by atoms with Crippen LogP contribution in [0.25, 0.3) is 21.3 Å². The summed E-state index contributed by atoms with van der Waals surface area (Å²) in [5, 5.41) is 36.3. The maximum Gasteiger partial charge on any atom is 4.00 e. The normalized spacial score (nSPS) is 23.9. The van der Waals surface area contributed by atoms with Gasteiger partial charge in [0.05, 0.1) is 35.2 Å². The van der Waals surface area contributed by atoms with Gasteiger partial charge >= 0.3 is 21.7 Å². The van der Waals surface area contributed by atoms with Crippen LogP contribution in [0.1, 0.15) is 291 Å². The van der Waals surface area contributed by atoms with Gasteiger partial charge in [0.15, 0.2) is 0 Å². The second-order valence-corrected chi connectivity index (χ2v) is 52.9. The first kappa shape index (κ1) is 97.2. The van der Waals surface area contributed by atoms with E-state index in [0.717, 1.165) is 0 Å². The third-order valence-corrected chi connectivity index (χ3v) is 47.1. The van der Waals surface area contributed by atoms with Gasteiger partial charge in [0, 0.05) is 0 Å². The van der Waals surface area contributed by atoms with Crippen LogP contribution < -0.4 is 41.5 Å². The maximum atomic E-state index is 5.96. The third-order valence-electron chi connectivity index (χ3n) is 31.6. The molecule has 4 saturated carbocycles. The Hall–Kier alpha value is -6.90. The topological polar surface area (TPSA) is 56.4 Å². The van der Waals surface area contributed by atoms with E-state index in [1.165, 1.54) is 247 Å². The molecule has 0 spiro atoms. The number of allylic oxidation sites excluding steroid dienone is 8. The summed E-state index contributed by atoms with van der Waals surface area (Å²) in [6.45, 7) is 36.8. The molecule has 0 aromatic heterocycles. The first-order valence-electron chi connectivity index (χ1n) is 48.7. The summed E-state index contributed by atoms with van der Waals surface area (Å²) in [6.07, 6.45) is 46.3. The van der Waals surface area contributed by atoms with Gasteiger partial charge in [0.2, 0.25) is 0 Å². The van der Waals surface area contributed by atoms with E-state index < -0.39 is 35.2 Å². The summed E-state index contributed by atoms with van der Waals surface area (Å²) in [4.78, 5) is 0. The first-order chi connectivity index (χ1) is 59.8. The molecule has 4 atom stereocenters. The molecule has 0 saturated heterocycles. The molecule has 0 aliphatic heterocycles. The van der Waals surface area contributed by atoms with E-state index in [9.17, 15) is 0 Å². The van der Waals surface area contributed by atoms with Gasteiger partial charge in [0.1, 0.15) is 0 Å². The van der Waals surface area contributed by atoms with Gasteiger partial charge in [0.25, 0.3) is 0 Å². The quantitative estimate of drug-likeness (QED) is 0.0683. The van der Waals surface area contributed by atoms with Crippen molar-refractivity contribution in [2.45, 2.75) is 333 Å². The number of rotatable bonds is 20. The van der Waals surface area contributed by atoms with E-state index in [0.29, 0.717) is 0 Å². The molecule has 8 aromatic carbocycles. The summed E-state index contributed by atoms with van der Waals surface area (Å²) in [7, 11) is -6.41. The van der Waals surface area contributed by atoms with Crippen molar-refractivity contribution in [2.75, 3.05) is 0 Å². The zero-order chi connectivity index (χ0) is 87.6. The van der Waals surface area contributed by atoms with Gasteiger partial charge in [-0.15, -0.1) is 20.6 Å². The SMILES string of the molecule is CC1=CC(C)([N-]C2([SiH](c3ccccc3)c3ccccc3)CCCCCCC2)C(C)=C1C.CC1=CC(C)([N-]C2([SiH](c3ccccc3)c3ccccc3)CCCCCCC2)C(C)=C1C.CC1=CC(C)([N-]C2([SiH](c3ccccc3)c3ccccc3)CCCCCCC2)C(C)=C1C.CC1=CC(C)([N-]C2([SiH](c3ccccc3)c3ccccc3)CCCCCCC2)C(C)=C1C.[Ti+4].